The molecule has 2 heterocycles. The van der Waals surface area contributed by atoms with Gasteiger partial charge in [-0.05, 0) is 13.0 Å². The standard InChI is InChI=1S/C13H20N4O8/c1-5(18)8(14)12(21)24-4-6-9(19)10(20)11(25-6)17-3-2-7(16-23)15-13(17)22/h2-3,5-6,8-11,18-20,23H,4,14H2,1H3,(H,15,16,22)/t5-,6-,8+,9-,10-,11-/m1/s1/i11D. The average Bonchev–Trinajstić information content (AvgIpc) is 2.83. The molecule has 0 spiro atoms. The Morgan fingerprint density at radius 2 is 2.28 bits per heavy atom. The summed E-state index contributed by atoms with van der Waals surface area (Å²) in [6, 6.07) is -0.181. The third-order valence-electron chi connectivity index (χ3n) is 3.57. The zero-order chi connectivity index (χ0) is 19.6. The van der Waals surface area contributed by atoms with Crippen molar-refractivity contribution in [3.05, 3.63) is 22.7 Å². The highest BCUT2D eigenvalue weighted by molar-refractivity contribution is 5.76. The Labute approximate surface area is 142 Å². The van der Waals surface area contributed by atoms with Crippen molar-refractivity contribution in [3.8, 4) is 0 Å². The van der Waals surface area contributed by atoms with Gasteiger partial charge in [-0.15, -0.1) is 0 Å². The molecule has 140 valence electrons. The van der Waals surface area contributed by atoms with Crippen LogP contribution in [0.2, 0.25) is 0 Å². The Kier molecular flexibility index (Phi) is 5.57. The number of hydrogen-bond donors (Lipinski definition) is 6. The number of nitrogens with two attached hydrogens (primary N) is 1. The van der Waals surface area contributed by atoms with Crippen molar-refractivity contribution < 1.29 is 36.2 Å². The molecular formula is C13H20N4O8. The van der Waals surface area contributed by atoms with Gasteiger partial charge in [0, 0.05) is 6.20 Å². The molecule has 0 radical (unpaired) electrons. The lowest BCUT2D eigenvalue weighted by Gasteiger charge is -2.18. The third kappa shape index (κ3) is 4.12. The highest BCUT2D eigenvalue weighted by Crippen LogP contribution is 2.28. The van der Waals surface area contributed by atoms with E-state index in [1.54, 1.807) is 5.48 Å². The summed E-state index contributed by atoms with van der Waals surface area (Å²) in [5.41, 5.74) is 6.01. The van der Waals surface area contributed by atoms with E-state index in [0.717, 1.165) is 12.3 Å². The summed E-state index contributed by atoms with van der Waals surface area (Å²) in [5, 5.41) is 38.1. The lowest BCUT2D eigenvalue weighted by atomic mass is 10.1. The van der Waals surface area contributed by atoms with Crippen LogP contribution in [0.25, 0.3) is 0 Å². The van der Waals surface area contributed by atoms with Crippen LogP contribution in [0, 0.1) is 0 Å². The van der Waals surface area contributed by atoms with Crippen LogP contribution < -0.4 is 16.9 Å². The van der Waals surface area contributed by atoms with Gasteiger partial charge in [-0.3, -0.25) is 20.0 Å². The van der Waals surface area contributed by atoms with E-state index in [1.165, 1.54) is 6.92 Å². The molecule has 25 heavy (non-hydrogen) atoms. The van der Waals surface area contributed by atoms with E-state index in [1.807, 2.05) is 0 Å². The Morgan fingerprint density at radius 3 is 2.84 bits per heavy atom. The Hall–Kier alpha value is -2.09. The summed E-state index contributed by atoms with van der Waals surface area (Å²) < 4.78 is 18.8. The van der Waals surface area contributed by atoms with Crippen LogP contribution in [0.1, 0.15) is 14.5 Å². The van der Waals surface area contributed by atoms with Crippen molar-refractivity contribution in [1.82, 2.24) is 9.55 Å². The normalized spacial score (nSPS) is 31.9. The molecule has 1 aliphatic rings. The molecule has 12 heteroatoms. The SMILES string of the molecule is [2H][C@@]1(n2ccc(NO)nc2=O)O[C@H](COC(=O)[C@@H](N)[C@@H](C)O)[C@@H](O)[C@H]1O. The molecule has 1 aromatic rings. The predicted molar refractivity (Wildman–Crippen MR) is 80.4 cm³/mol. The average molecular weight is 361 g/mol. The fourth-order valence-corrected chi connectivity index (χ4v) is 2.07. The second kappa shape index (κ2) is 7.86. The second-order valence-electron chi connectivity index (χ2n) is 5.40. The molecule has 0 amide bonds. The monoisotopic (exact) mass is 361 g/mol. The van der Waals surface area contributed by atoms with Crippen LogP contribution in [0.3, 0.4) is 0 Å². The first-order valence-electron chi connectivity index (χ1n) is 7.76. The predicted octanol–water partition coefficient (Wildman–Crippen LogP) is -3.09. The number of hydrogen-bond acceptors (Lipinski definition) is 11. The van der Waals surface area contributed by atoms with Gasteiger partial charge in [0.05, 0.1) is 7.47 Å². The van der Waals surface area contributed by atoms with Crippen LogP contribution in [0.15, 0.2) is 17.1 Å². The summed E-state index contributed by atoms with van der Waals surface area (Å²) in [6.07, 6.45) is -7.46. The van der Waals surface area contributed by atoms with Crippen molar-refractivity contribution in [3.63, 3.8) is 0 Å². The number of aliphatic hydroxyl groups excluding tert-OH is 3. The van der Waals surface area contributed by atoms with Crippen LogP contribution >= 0.6 is 0 Å². The van der Waals surface area contributed by atoms with Crippen LogP contribution in [0.4, 0.5) is 5.82 Å². The minimum Gasteiger partial charge on any atom is -0.462 e. The van der Waals surface area contributed by atoms with Gasteiger partial charge in [0.2, 0.25) is 0 Å². The lowest BCUT2D eigenvalue weighted by Crippen LogP contribution is -2.43. The second-order valence-corrected chi connectivity index (χ2v) is 5.40. The molecule has 2 rings (SSSR count). The van der Waals surface area contributed by atoms with Crippen molar-refractivity contribution in [2.24, 2.45) is 5.73 Å². The lowest BCUT2D eigenvalue weighted by molar-refractivity contribution is -0.154. The minimum atomic E-state index is -2.44. The summed E-state index contributed by atoms with van der Waals surface area (Å²) >= 11 is 0. The van der Waals surface area contributed by atoms with Crippen molar-refractivity contribution in [1.29, 1.82) is 0 Å². The fraction of sp³-hybridized carbons (Fsp3) is 0.615. The minimum absolute atomic E-state index is 0.194. The first-order chi connectivity index (χ1) is 12.1. The molecule has 0 bridgehead atoms. The highest BCUT2D eigenvalue weighted by Gasteiger charge is 2.45. The molecule has 7 N–H and O–H groups in total. The van der Waals surface area contributed by atoms with E-state index >= 15 is 0 Å². The van der Waals surface area contributed by atoms with E-state index < -0.39 is 54.9 Å². The molecular weight excluding hydrogens is 340 g/mol. The van der Waals surface area contributed by atoms with Crippen molar-refractivity contribution in [2.45, 2.75) is 43.6 Å². The summed E-state index contributed by atoms with van der Waals surface area (Å²) in [7, 11) is 0. The molecule has 1 fully saturated rings. The number of esters is 1. The van der Waals surface area contributed by atoms with E-state index in [0.29, 0.717) is 4.57 Å². The molecule has 6 atom stereocenters. The smallest absolute Gasteiger partial charge is 0.351 e. The first-order valence-corrected chi connectivity index (χ1v) is 7.26. The van der Waals surface area contributed by atoms with Gasteiger partial charge in [-0.25, -0.2) is 4.79 Å². The number of rotatable bonds is 6. The van der Waals surface area contributed by atoms with Gasteiger partial charge in [0.15, 0.2) is 12.0 Å². The quantitative estimate of drug-likeness (QED) is 0.222. The zero-order valence-corrected chi connectivity index (χ0v) is 13.1. The number of nitrogens with one attached hydrogen (secondary N) is 1. The largest absolute Gasteiger partial charge is 0.462 e. The number of nitrogens with zero attached hydrogens (tertiary/aromatic N) is 2. The Morgan fingerprint density at radius 1 is 1.60 bits per heavy atom. The highest BCUT2D eigenvalue weighted by atomic mass is 16.6. The van der Waals surface area contributed by atoms with E-state index in [-0.39, 0.29) is 5.82 Å². The van der Waals surface area contributed by atoms with Gasteiger partial charge >= 0.3 is 11.7 Å². The Bertz CT molecular complexity index is 716. The number of aromatic nitrogens is 2. The summed E-state index contributed by atoms with van der Waals surface area (Å²) in [6.45, 7) is 0.715. The number of aliphatic hydroxyl groups is 3. The molecule has 1 aromatic heterocycles. The van der Waals surface area contributed by atoms with Crippen LogP contribution in [-0.2, 0) is 14.3 Å². The van der Waals surface area contributed by atoms with E-state index in [9.17, 15) is 24.9 Å². The summed E-state index contributed by atoms with van der Waals surface area (Å²) in [5.74, 6) is -1.16. The van der Waals surface area contributed by atoms with Gasteiger partial charge in [-0.1, -0.05) is 0 Å². The molecule has 1 aliphatic heterocycles. The molecule has 0 unspecified atom stereocenters. The van der Waals surface area contributed by atoms with Crippen LogP contribution in [-0.4, -0.2) is 73.1 Å². The molecule has 0 saturated carbocycles. The van der Waals surface area contributed by atoms with Gasteiger partial charge in [0.25, 0.3) is 0 Å². The molecule has 12 nitrogen and oxygen atoms in total. The topological polar surface area (TPSA) is 189 Å². The van der Waals surface area contributed by atoms with E-state index in [2.05, 4.69) is 4.98 Å². The number of carbonyl (C=O) groups is 1. The number of carbonyl (C=O) groups excluding carboxylic acids is 1. The molecule has 0 aromatic carbocycles. The maximum absolute atomic E-state index is 12.0. The zero-order valence-electron chi connectivity index (χ0n) is 14.1. The van der Waals surface area contributed by atoms with E-state index in [4.69, 9.17) is 21.8 Å². The number of ether oxygens (including phenoxy) is 2. The maximum Gasteiger partial charge on any atom is 0.351 e. The van der Waals surface area contributed by atoms with Crippen molar-refractivity contribution >= 4 is 11.8 Å². The first kappa shape index (κ1) is 17.7. The van der Waals surface area contributed by atoms with Crippen molar-refractivity contribution in [2.75, 3.05) is 12.1 Å². The van der Waals surface area contributed by atoms with Crippen LogP contribution in [0.5, 0.6) is 0 Å². The summed E-state index contributed by atoms with van der Waals surface area (Å²) in [4.78, 5) is 27.0. The maximum atomic E-state index is 12.0. The third-order valence-corrected chi connectivity index (χ3v) is 3.57. The van der Waals surface area contributed by atoms with Gasteiger partial charge in [0.1, 0.15) is 31.0 Å². The number of anilines is 1. The van der Waals surface area contributed by atoms with Gasteiger partial charge in [-0.2, -0.15) is 4.98 Å². The molecule has 0 aliphatic carbocycles. The van der Waals surface area contributed by atoms with Gasteiger partial charge < -0.3 is 30.5 Å². The molecule has 1 saturated heterocycles. The fourth-order valence-electron chi connectivity index (χ4n) is 2.07. The Balaban J connectivity index is 2.16.